The summed E-state index contributed by atoms with van der Waals surface area (Å²) >= 11 is 11.8. The second-order valence-corrected chi connectivity index (χ2v) is 6.36. The number of rotatable bonds is 5. The van der Waals surface area contributed by atoms with Crippen LogP contribution in [-0.4, -0.2) is 22.7 Å². The third kappa shape index (κ3) is 4.25. The van der Waals surface area contributed by atoms with Crippen molar-refractivity contribution in [3.05, 3.63) is 27.7 Å². The quantitative estimate of drug-likeness (QED) is 0.769. The van der Waals surface area contributed by atoms with Gasteiger partial charge in [-0.1, -0.05) is 36.0 Å². The summed E-state index contributed by atoms with van der Waals surface area (Å²) in [5, 5.41) is 23.0. The molecule has 1 saturated carbocycles. The van der Waals surface area contributed by atoms with Crippen molar-refractivity contribution in [2.45, 2.75) is 32.2 Å². The Morgan fingerprint density at radius 1 is 1.29 bits per heavy atom. The van der Waals surface area contributed by atoms with E-state index in [2.05, 4.69) is 5.32 Å². The van der Waals surface area contributed by atoms with Crippen LogP contribution in [0.3, 0.4) is 0 Å². The monoisotopic (exact) mass is 331 g/mol. The minimum Gasteiger partial charge on any atom is -0.506 e. The van der Waals surface area contributed by atoms with Gasteiger partial charge in [0, 0.05) is 17.1 Å². The van der Waals surface area contributed by atoms with Crippen molar-refractivity contribution in [2.24, 2.45) is 11.8 Å². The molecule has 1 aliphatic rings. The molecule has 0 aromatic heterocycles. The second-order valence-electron chi connectivity index (χ2n) is 5.52. The first kappa shape index (κ1) is 16.4. The van der Waals surface area contributed by atoms with E-state index >= 15 is 0 Å². The lowest BCUT2D eigenvalue weighted by Gasteiger charge is -2.28. The van der Waals surface area contributed by atoms with E-state index in [0.29, 0.717) is 23.7 Å². The molecule has 2 unspecified atom stereocenters. The van der Waals surface area contributed by atoms with Gasteiger partial charge in [-0.15, -0.1) is 0 Å². The molecule has 2 rings (SSSR count). The third-order valence-corrected chi connectivity index (χ3v) is 4.56. The molecule has 0 bridgehead atoms. The molecule has 1 aromatic carbocycles. The summed E-state index contributed by atoms with van der Waals surface area (Å²) in [6.45, 7) is 1.02. The Morgan fingerprint density at radius 2 is 2.00 bits per heavy atom. The molecule has 4 nitrogen and oxygen atoms in total. The van der Waals surface area contributed by atoms with Crippen molar-refractivity contribution in [1.29, 1.82) is 0 Å². The molecular weight excluding hydrogens is 313 g/mol. The zero-order valence-corrected chi connectivity index (χ0v) is 13.1. The summed E-state index contributed by atoms with van der Waals surface area (Å²) in [5.41, 5.74) is 0.621. The van der Waals surface area contributed by atoms with E-state index in [4.69, 9.17) is 23.2 Å². The van der Waals surface area contributed by atoms with E-state index in [0.717, 1.165) is 25.7 Å². The van der Waals surface area contributed by atoms with Crippen LogP contribution in [0.15, 0.2) is 12.1 Å². The molecule has 116 valence electrons. The van der Waals surface area contributed by atoms with E-state index in [1.165, 1.54) is 6.07 Å². The molecule has 0 aliphatic heterocycles. The van der Waals surface area contributed by atoms with Crippen molar-refractivity contribution in [3.63, 3.8) is 0 Å². The predicted octanol–water partition coefficient (Wildman–Crippen LogP) is 3.68. The van der Waals surface area contributed by atoms with Gasteiger partial charge in [0.25, 0.3) is 0 Å². The van der Waals surface area contributed by atoms with Crippen LogP contribution in [0.2, 0.25) is 10.0 Å². The normalized spacial score (nSPS) is 22.2. The zero-order chi connectivity index (χ0) is 15.4. The Bertz CT molecular complexity index is 522. The molecule has 6 heteroatoms. The van der Waals surface area contributed by atoms with Gasteiger partial charge in [-0.05, 0) is 37.4 Å². The number of phenolic OH excluding ortho intramolecular Hbond substituents is 1. The van der Waals surface area contributed by atoms with Crippen molar-refractivity contribution in [1.82, 2.24) is 5.32 Å². The summed E-state index contributed by atoms with van der Waals surface area (Å²) in [6, 6.07) is 3.15. The number of benzene rings is 1. The lowest BCUT2D eigenvalue weighted by Crippen LogP contribution is -2.34. The van der Waals surface area contributed by atoms with Crippen LogP contribution in [0.1, 0.15) is 31.2 Å². The fourth-order valence-electron chi connectivity index (χ4n) is 2.92. The summed E-state index contributed by atoms with van der Waals surface area (Å²) in [6.07, 6.45) is 3.73. The molecule has 1 aromatic rings. The van der Waals surface area contributed by atoms with Crippen LogP contribution in [-0.2, 0) is 11.3 Å². The van der Waals surface area contributed by atoms with Crippen molar-refractivity contribution < 1.29 is 15.0 Å². The number of halogens is 2. The van der Waals surface area contributed by atoms with Gasteiger partial charge >= 0.3 is 5.97 Å². The maximum absolute atomic E-state index is 11.2. The minimum atomic E-state index is -0.713. The molecule has 0 spiro atoms. The van der Waals surface area contributed by atoms with Crippen molar-refractivity contribution in [3.8, 4) is 5.75 Å². The molecular formula is C15H19Cl2NO3. The summed E-state index contributed by atoms with van der Waals surface area (Å²) in [7, 11) is 0. The third-order valence-electron chi connectivity index (χ3n) is 4.06. The molecule has 21 heavy (non-hydrogen) atoms. The lowest BCUT2D eigenvalue weighted by atomic mass is 9.79. The molecule has 3 N–H and O–H groups in total. The van der Waals surface area contributed by atoms with Gasteiger partial charge in [0.2, 0.25) is 0 Å². The Kier molecular flexibility index (Phi) is 5.73. The van der Waals surface area contributed by atoms with Crippen molar-refractivity contribution in [2.75, 3.05) is 6.54 Å². The highest BCUT2D eigenvalue weighted by Gasteiger charge is 2.30. The van der Waals surface area contributed by atoms with E-state index in [-0.39, 0.29) is 22.6 Å². The highest BCUT2D eigenvalue weighted by molar-refractivity contribution is 6.35. The average Bonchev–Trinajstić information content (AvgIpc) is 2.44. The highest BCUT2D eigenvalue weighted by atomic mass is 35.5. The maximum Gasteiger partial charge on any atom is 0.306 e. The number of hydrogen-bond donors (Lipinski definition) is 3. The first-order valence-electron chi connectivity index (χ1n) is 7.09. The predicted molar refractivity (Wildman–Crippen MR) is 82.9 cm³/mol. The molecule has 0 heterocycles. The summed E-state index contributed by atoms with van der Waals surface area (Å²) < 4.78 is 0. The number of phenols is 1. The SMILES string of the molecule is O=C(O)C1CCCCC1CNCc1cc(Cl)cc(Cl)c1O. The Balaban J connectivity index is 1.93. The smallest absolute Gasteiger partial charge is 0.306 e. The van der Waals surface area contributed by atoms with Crippen LogP contribution in [0.4, 0.5) is 0 Å². The maximum atomic E-state index is 11.2. The Labute approximate surface area is 134 Å². The number of hydrogen-bond acceptors (Lipinski definition) is 3. The fourth-order valence-corrected chi connectivity index (χ4v) is 3.46. The molecule has 0 amide bonds. The Hall–Kier alpha value is -0.970. The van der Waals surface area contributed by atoms with E-state index in [1.807, 2.05) is 0 Å². The standard InChI is InChI=1S/C15H19Cl2NO3/c16-11-5-10(14(19)13(17)6-11)8-18-7-9-3-1-2-4-12(9)15(20)21/h5-6,9,12,18-19H,1-4,7-8H2,(H,20,21). The van der Waals surface area contributed by atoms with Crippen LogP contribution >= 0.6 is 23.2 Å². The minimum absolute atomic E-state index is 0.0204. The first-order valence-corrected chi connectivity index (χ1v) is 7.85. The largest absolute Gasteiger partial charge is 0.506 e. The zero-order valence-electron chi connectivity index (χ0n) is 11.6. The number of carbonyl (C=O) groups is 1. The molecule has 1 fully saturated rings. The second kappa shape index (κ2) is 7.34. The topological polar surface area (TPSA) is 69.6 Å². The first-order chi connectivity index (χ1) is 9.99. The summed E-state index contributed by atoms with van der Waals surface area (Å²) in [5.74, 6) is -0.835. The van der Waals surface area contributed by atoms with Gasteiger partial charge in [-0.3, -0.25) is 4.79 Å². The lowest BCUT2D eigenvalue weighted by molar-refractivity contribution is -0.144. The molecule has 2 atom stereocenters. The van der Waals surface area contributed by atoms with Crippen LogP contribution in [0.25, 0.3) is 0 Å². The van der Waals surface area contributed by atoms with Crippen LogP contribution in [0, 0.1) is 11.8 Å². The number of aromatic hydroxyl groups is 1. The highest BCUT2D eigenvalue weighted by Crippen LogP contribution is 2.32. The van der Waals surface area contributed by atoms with Gasteiger partial charge in [-0.2, -0.15) is 0 Å². The number of aliphatic carboxylic acids is 1. The average molecular weight is 332 g/mol. The van der Waals surface area contributed by atoms with Crippen LogP contribution < -0.4 is 5.32 Å². The number of nitrogens with one attached hydrogen (secondary N) is 1. The van der Waals surface area contributed by atoms with Gasteiger partial charge in [0.05, 0.1) is 10.9 Å². The van der Waals surface area contributed by atoms with Gasteiger partial charge in [0.1, 0.15) is 5.75 Å². The molecule has 1 aliphatic carbocycles. The van der Waals surface area contributed by atoms with E-state index < -0.39 is 5.97 Å². The molecule has 0 saturated heterocycles. The van der Waals surface area contributed by atoms with Crippen molar-refractivity contribution >= 4 is 29.2 Å². The van der Waals surface area contributed by atoms with E-state index in [1.54, 1.807) is 6.07 Å². The van der Waals surface area contributed by atoms with E-state index in [9.17, 15) is 15.0 Å². The van der Waals surface area contributed by atoms with Crippen LogP contribution in [0.5, 0.6) is 5.75 Å². The fraction of sp³-hybridized carbons (Fsp3) is 0.533. The summed E-state index contributed by atoms with van der Waals surface area (Å²) in [4.78, 5) is 11.2. The van der Waals surface area contributed by atoms with Gasteiger partial charge in [-0.25, -0.2) is 0 Å². The van der Waals surface area contributed by atoms with Gasteiger partial charge < -0.3 is 15.5 Å². The van der Waals surface area contributed by atoms with Gasteiger partial charge in [0.15, 0.2) is 0 Å². The number of carboxylic acids is 1. The number of carboxylic acid groups (broad SMARTS) is 1. The molecule has 0 radical (unpaired) electrons. The Morgan fingerprint density at radius 3 is 2.71 bits per heavy atom.